The first-order chi connectivity index (χ1) is 11.8. The highest BCUT2D eigenvalue weighted by Gasteiger charge is 2.26. The molecular weight excluding hydrogens is 320 g/mol. The third-order valence-electron chi connectivity index (χ3n) is 4.38. The van der Waals surface area contributed by atoms with Crippen LogP contribution in [0.2, 0.25) is 0 Å². The SMILES string of the molecule is CN(CC1CCN(c2ncnc3[nH]ncc23)CC1)C(=O)OC(C)(C)C. The summed E-state index contributed by atoms with van der Waals surface area (Å²) in [5, 5.41) is 7.88. The van der Waals surface area contributed by atoms with Crippen molar-refractivity contribution in [3.05, 3.63) is 12.5 Å². The van der Waals surface area contributed by atoms with Crippen LogP contribution >= 0.6 is 0 Å². The number of carbonyl (C=O) groups is 1. The predicted octanol–water partition coefficient (Wildman–Crippen LogP) is 2.44. The van der Waals surface area contributed by atoms with Gasteiger partial charge in [-0.2, -0.15) is 5.10 Å². The van der Waals surface area contributed by atoms with Crippen LogP contribution in [0.4, 0.5) is 10.6 Å². The summed E-state index contributed by atoms with van der Waals surface area (Å²) in [5.41, 5.74) is 0.300. The molecule has 3 rings (SSSR count). The van der Waals surface area contributed by atoms with Gasteiger partial charge in [-0.15, -0.1) is 0 Å². The molecule has 1 amide bonds. The summed E-state index contributed by atoms with van der Waals surface area (Å²) >= 11 is 0. The number of aromatic amines is 1. The second kappa shape index (κ2) is 6.85. The van der Waals surface area contributed by atoms with Crippen LogP contribution in [0.1, 0.15) is 33.6 Å². The van der Waals surface area contributed by atoms with E-state index in [0.29, 0.717) is 12.5 Å². The first-order valence-corrected chi connectivity index (χ1v) is 8.66. The van der Waals surface area contributed by atoms with Crippen LogP contribution in [0.3, 0.4) is 0 Å². The molecule has 136 valence electrons. The Morgan fingerprint density at radius 2 is 2.08 bits per heavy atom. The van der Waals surface area contributed by atoms with E-state index in [1.54, 1.807) is 24.5 Å². The molecule has 0 aliphatic carbocycles. The molecule has 1 fully saturated rings. The van der Waals surface area contributed by atoms with Gasteiger partial charge < -0.3 is 14.5 Å². The van der Waals surface area contributed by atoms with Crippen LogP contribution in [0, 0.1) is 5.92 Å². The van der Waals surface area contributed by atoms with Crippen LogP contribution in [0.25, 0.3) is 11.0 Å². The lowest BCUT2D eigenvalue weighted by Gasteiger charge is -2.35. The zero-order valence-electron chi connectivity index (χ0n) is 15.3. The number of H-pyrrole nitrogens is 1. The van der Waals surface area contributed by atoms with Crippen LogP contribution in [0.5, 0.6) is 0 Å². The minimum Gasteiger partial charge on any atom is -0.444 e. The molecule has 1 aliphatic rings. The lowest BCUT2D eigenvalue weighted by Crippen LogP contribution is -2.41. The van der Waals surface area contributed by atoms with Crippen molar-refractivity contribution >= 4 is 22.9 Å². The number of aromatic nitrogens is 4. The monoisotopic (exact) mass is 346 g/mol. The minimum absolute atomic E-state index is 0.258. The van der Waals surface area contributed by atoms with E-state index in [4.69, 9.17) is 4.74 Å². The smallest absolute Gasteiger partial charge is 0.410 e. The number of nitrogens with one attached hydrogen (secondary N) is 1. The van der Waals surface area contributed by atoms with Crippen molar-refractivity contribution < 1.29 is 9.53 Å². The van der Waals surface area contributed by atoms with Crippen LogP contribution in [-0.2, 0) is 4.74 Å². The molecule has 8 heteroatoms. The molecular formula is C17H26N6O2. The zero-order valence-corrected chi connectivity index (χ0v) is 15.3. The van der Waals surface area contributed by atoms with E-state index < -0.39 is 5.60 Å². The molecule has 8 nitrogen and oxygen atoms in total. The summed E-state index contributed by atoms with van der Waals surface area (Å²) in [6.45, 7) is 8.18. The Morgan fingerprint density at radius 1 is 1.36 bits per heavy atom. The van der Waals surface area contributed by atoms with Crippen molar-refractivity contribution in [3.8, 4) is 0 Å². The number of rotatable bonds is 3. The van der Waals surface area contributed by atoms with Gasteiger partial charge in [-0.25, -0.2) is 14.8 Å². The van der Waals surface area contributed by atoms with Gasteiger partial charge in [0.05, 0.1) is 11.6 Å². The molecule has 1 aliphatic heterocycles. The molecule has 0 saturated carbocycles. The topological polar surface area (TPSA) is 87.2 Å². The van der Waals surface area contributed by atoms with Gasteiger partial charge in [0.25, 0.3) is 0 Å². The number of hydrogen-bond acceptors (Lipinski definition) is 6. The normalized spacial score (nSPS) is 16.2. The Balaban J connectivity index is 1.55. The van der Waals surface area contributed by atoms with Crippen molar-refractivity contribution in [2.75, 3.05) is 31.6 Å². The van der Waals surface area contributed by atoms with Gasteiger partial charge in [0.15, 0.2) is 5.65 Å². The standard InChI is InChI=1S/C17H26N6O2/c1-17(2,3)25-16(24)22(4)10-12-5-7-23(8-6-12)15-13-9-20-21-14(13)18-11-19-15/h9,11-12H,5-8,10H2,1-4H3,(H,18,19,20,21). The van der Waals surface area contributed by atoms with Gasteiger partial charge in [-0.3, -0.25) is 5.10 Å². The van der Waals surface area contributed by atoms with Gasteiger partial charge >= 0.3 is 6.09 Å². The van der Waals surface area contributed by atoms with E-state index in [-0.39, 0.29) is 6.09 Å². The molecule has 25 heavy (non-hydrogen) atoms. The number of carbonyl (C=O) groups excluding carboxylic acids is 1. The van der Waals surface area contributed by atoms with Crippen molar-refractivity contribution in [2.45, 2.75) is 39.2 Å². The predicted molar refractivity (Wildman–Crippen MR) is 95.5 cm³/mol. The number of anilines is 1. The average molecular weight is 346 g/mol. The summed E-state index contributed by atoms with van der Waals surface area (Å²) in [4.78, 5) is 24.7. The van der Waals surface area contributed by atoms with Gasteiger partial charge in [-0.1, -0.05) is 0 Å². The van der Waals surface area contributed by atoms with Crippen LogP contribution in [0.15, 0.2) is 12.5 Å². The maximum atomic E-state index is 12.1. The molecule has 1 N–H and O–H groups in total. The third kappa shape index (κ3) is 4.18. The van der Waals surface area contributed by atoms with Gasteiger partial charge in [0.1, 0.15) is 17.7 Å². The minimum atomic E-state index is -0.461. The Hall–Kier alpha value is -2.38. The Morgan fingerprint density at radius 3 is 2.76 bits per heavy atom. The zero-order chi connectivity index (χ0) is 18.0. The molecule has 1 saturated heterocycles. The first-order valence-electron chi connectivity index (χ1n) is 8.66. The highest BCUT2D eigenvalue weighted by molar-refractivity contribution is 5.86. The molecule has 0 aromatic carbocycles. The van der Waals surface area contributed by atoms with Crippen molar-refractivity contribution in [1.29, 1.82) is 0 Å². The number of piperidine rings is 1. The molecule has 0 unspecified atom stereocenters. The maximum Gasteiger partial charge on any atom is 0.410 e. The largest absolute Gasteiger partial charge is 0.444 e. The van der Waals surface area contributed by atoms with E-state index in [1.807, 2.05) is 20.8 Å². The van der Waals surface area contributed by atoms with Gasteiger partial charge in [0.2, 0.25) is 0 Å². The number of hydrogen-bond donors (Lipinski definition) is 1. The van der Waals surface area contributed by atoms with E-state index in [0.717, 1.165) is 42.8 Å². The second-order valence-electron chi connectivity index (χ2n) is 7.62. The molecule has 2 aromatic heterocycles. The molecule has 2 aromatic rings. The first kappa shape index (κ1) is 17.4. The lowest BCUT2D eigenvalue weighted by molar-refractivity contribution is 0.0266. The molecule has 0 atom stereocenters. The van der Waals surface area contributed by atoms with Crippen molar-refractivity contribution in [3.63, 3.8) is 0 Å². The Bertz CT molecular complexity index is 730. The fourth-order valence-electron chi connectivity index (χ4n) is 3.13. The molecule has 0 spiro atoms. The fourth-order valence-corrected chi connectivity index (χ4v) is 3.13. The highest BCUT2D eigenvalue weighted by atomic mass is 16.6. The Labute approximate surface area is 147 Å². The van der Waals surface area contributed by atoms with Gasteiger partial charge in [0, 0.05) is 26.7 Å². The molecule has 0 bridgehead atoms. The second-order valence-corrected chi connectivity index (χ2v) is 7.62. The van der Waals surface area contributed by atoms with Gasteiger partial charge in [-0.05, 0) is 39.5 Å². The van der Waals surface area contributed by atoms with E-state index in [9.17, 15) is 4.79 Å². The van der Waals surface area contributed by atoms with E-state index in [2.05, 4.69) is 25.1 Å². The third-order valence-corrected chi connectivity index (χ3v) is 4.38. The van der Waals surface area contributed by atoms with Crippen LogP contribution < -0.4 is 4.90 Å². The molecule has 0 radical (unpaired) electrons. The maximum absolute atomic E-state index is 12.1. The fraction of sp³-hybridized carbons (Fsp3) is 0.647. The summed E-state index contributed by atoms with van der Waals surface area (Å²) in [6, 6.07) is 0. The van der Waals surface area contributed by atoms with E-state index >= 15 is 0 Å². The summed E-state index contributed by atoms with van der Waals surface area (Å²) in [6.07, 6.45) is 5.10. The quantitative estimate of drug-likeness (QED) is 0.918. The summed E-state index contributed by atoms with van der Waals surface area (Å²) in [5.74, 6) is 1.40. The van der Waals surface area contributed by atoms with Crippen LogP contribution in [-0.4, -0.2) is 63.4 Å². The average Bonchev–Trinajstić information content (AvgIpc) is 3.02. The number of ether oxygens (including phenoxy) is 1. The van der Waals surface area contributed by atoms with Crippen molar-refractivity contribution in [1.82, 2.24) is 25.1 Å². The number of nitrogens with zero attached hydrogens (tertiary/aromatic N) is 5. The number of amides is 1. The molecule has 3 heterocycles. The van der Waals surface area contributed by atoms with Crippen molar-refractivity contribution in [2.24, 2.45) is 5.92 Å². The highest BCUT2D eigenvalue weighted by Crippen LogP contribution is 2.26. The Kier molecular flexibility index (Phi) is 4.78. The summed E-state index contributed by atoms with van der Waals surface area (Å²) < 4.78 is 5.42. The number of fused-ring (bicyclic) bond motifs is 1. The lowest BCUT2D eigenvalue weighted by atomic mass is 9.96. The van der Waals surface area contributed by atoms with E-state index in [1.165, 1.54) is 0 Å². The summed E-state index contributed by atoms with van der Waals surface area (Å²) in [7, 11) is 1.81.